The molecule has 102 valence electrons. The van der Waals surface area contributed by atoms with Crippen molar-refractivity contribution in [3.8, 4) is 0 Å². The molecule has 4 aliphatic rings. The van der Waals surface area contributed by atoms with E-state index >= 15 is 0 Å². The number of aryl methyl sites for hydroxylation is 1. The molecule has 4 saturated carbocycles. The van der Waals surface area contributed by atoms with E-state index in [2.05, 4.69) is 15.3 Å². The molecule has 0 atom stereocenters. The standard InChI is InChI=1S/C15H20ClN3/c1-9-17-13(16)5-14(18-9)19-15-6-10-2-11(7-15)4-12(3-10)8-15/h5,10-12H,2-4,6-8H2,1H3,(H,17,18,19). The number of nitrogens with zero attached hydrogens (tertiary/aromatic N) is 2. The first-order chi connectivity index (χ1) is 9.10. The molecule has 1 heterocycles. The lowest BCUT2D eigenvalue weighted by Gasteiger charge is -2.57. The number of anilines is 1. The summed E-state index contributed by atoms with van der Waals surface area (Å²) >= 11 is 6.05. The van der Waals surface area contributed by atoms with E-state index in [1.165, 1.54) is 38.5 Å². The molecule has 5 rings (SSSR count). The Morgan fingerprint density at radius 1 is 1.11 bits per heavy atom. The summed E-state index contributed by atoms with van der Waals surface area (Å²) < 4.78 is 0. The normalized spacial score (nSPS) is 39.6. The summed E-state index contributed by atoms with van der Waals surface area (Å²) in [6.45, 7) is 1.90. The van der Waals surface area contributed by atoms with E-state index in [9.17, 15) is 0 Å². The van der Waals surface area contributed by atoms with Crippen LogP contribution in [0.1, 0.15) is 44.3 Å². The summed E-state index contributed by atoms with van der Waals surface area (Å²) in [7, 11) is 0. The highest BCUT2D eigenvalue weighted by atomic mass is 35.5. The van der Waals surface area contributed by atoms with Crippen LogP contribution in [0.2, 0.25) is 5.15 Å². The van der Waals surface area contributed by atoms with Crippen molar-refractivity contribution in [1.82, 2.24) is 9.97 Å². The first-order valence-electron chi connectivity index (χ1n) is 7.40. The molecule has 1 aromatic rings. The largest absolute Gasteiger partial charge is 0.364 e. The molecular weight excluding hydrogens is 258 g/mol. The third-order valence-corrected chi connectivity index (χ3v) is 5.43. The van der Waals surface area contributed by atoms with Gasteiger partial charge in [-0.05, 0) is 63.2 Å². The predicted octanol–water partition coefficient (Wildman–Crippen LogP) is 3.82. The Labute approximate surface area is 119 Å². The van der Waals surface area contributed by atoms with Crippen LogP contribution in [0.4, 0.5) is 5.82 Å². The zero-order valence-electron chi connectivity index (χ0n) is 11.3. The molecule has 0 aromatic carbocycles. The minimum atomic E-state index is 0.291. The van der Waals surface area contributed by atoms with Crippen LogP contribution in [0.3, 0.4) is 0 Å². The lowest BCUT2D eigenvalue weighted by atomic mass is 9.53. The van der Waals surface area contributed by atoms with E-state index in [-0.39, 0.29) is 0 Å². The van der Waals surface area contributed by atoms with Crippen molar-refractivity contribution < 1.29 is 0 Å². The molecule has 1 aromatic heterocycles. The van der Waals surface area contributed by atoms with Gasteiger partial charge in [0, 0.05) is 11.6 Å². The van der Waals surface area contributed by atoms with E-state index in [0.29, 0.717) is 10.7 Å². The van der Waals surface area contributed by atoms with Gasteiger partial charge in [0.25, 0.3) is 0 Å². The van der Waals surface area contributed by atoms with E-state index < -0.39 is 0 Å². The molecule has 0 spiro atoms. The third-order valence-electron chi connectivity index (χ3n) is 5.24. The van der Waals surface area contributed by atoms with Crippen molar-refractivity contribution >= 4 is 17.4 Å². The maximum atomic E-state index is 6.05. The fourth-order valence-corrected chi connectivity index (χ4v) is 5.36. The second kappa shape index (κ2) is 4.08. The summed E-state index contributed by atoms with van der Waals surface area (Å²) in [5.41, 5.74) is 0.291. The van der Waals surface area contributed by atoms with Gasteiger partial charge in [0.15, 0.2) is 0 Å². The molecule has 4 bridgehead atoms. The fourth-order valence-electron chi connectivity index (χ4n) is 5.13. The van der Waals surface area contributed by atoms with Gasteiger partial charge >= 0.3 is 0 Å². The zero-order chi connectivity index (χ0) is 13.0. The Morgan fingerprint density at radius 2 is 1.68 bits per heavy atom. The van der Waals surface area contributed by atoms with Crippen LogP contribution < -0.4 is 5.32 Å². The van der Waals surface area contributed by atoms with Crippen LogP contribution in [0.15, 0.2) is 6.07 Å². The van der Waals surface area contributed by atoms with Crippen LogP contribution in [-0.4, -0.2) is 15.5 Å². The molecule has 0 unspecified atom stereocenters. The fraction of sp³-hybridized carbons (Fsp3) is 0.733. The Balaban J connectivity index is 1.62. The van der Waals surface area contributed by atoms with Crippen molar-refractivity contribution in [2.45, 2.75) is 51.0 Å². The maximum Gasteiger partial charge on any atom is 0.134 e. The molecule has 19 heavy (non-hydrogen) atoms. The van der Waals surface area contributed by atoms with Gasteiger partial charge in [-0.3, -0.25) is 0 Å². The SMILES string of the molecule is Cc1nc(Cl)cc(NC23CC4CC(CC(C4)C2)C3)n1. The minimum absolute atomic E-state index is 0.291. The number of nitrogens with one attached hydrogen (secondary N) is 1. The van der Waals surface area contributed by atoms with E-state index in [4.69, 9.17) is 11.6 Å². The topological polar surface area (TPSA) is 37.8 Å². The highest BCUT2D eigenvalue weighted by molar-refractivity contribution is 6.29. The van der Waals surface area contributed by atoms with Crippen LogP contribution in [0.5, 0.6) is 0 Å². The van der Waals surface area contributed by atoms with Gasteiger partial charge in [-0.2, -0.15) is 0 Å². The molecule has 0 aliphatic heterocycles. The summed E-state index contributed by atoms with van der Waals surface area (Å²) in [6, 6.07) is 1.87. The molecule has 0 saturated heterocycles. The minimum Gasteiger partial charge on any atom is -0.364 e. The molecule has 1 N–H and O–H groups in total. The summed E-state index contributed by atoms with van der Waals surface area (Å²) in [4.78, 5) is 8.65. The van der Waals surface area contributed by atoms with Crippen molar-refractivity contribution in [1.29, 1.82) is 0 Å². The average Bonchev–Trinajstić information content (AvgIpc) is 2.23. The Morgan fingerprint density at radius 3 is 2.21 bits per heavy atom. The Hall–Kier alpha value is -0.830. The van der Waals surface area contributed by atoms with Crippen molar-refractivity contribution in [3.63, 3.8) is 0 Å². The van der Waals surface area contributed by atoms with E-state index in [0.717, 1.165) is 29.4 Å². The number of aromatic nitrogens is 2. The smallest absolute Gasteiger partial charge is 0.134 e. The lowest BCUT2D eigenvalue weighted by molar-refractivity contribution is 0.0105. The molecule has 0 amide bonds. The summed E-state index contributed by atoms with van der Waals surface area (Å²) in [5.74, 6) is 4.49. The van der Waals surface area contributed by atoms with Gasteiger partial charge in [0.1, 0.15) is 16.8 Å². The maximum absolute atomic E-state index is 6.05. The first kappa shape index (κ1) is 12.0. The predicted molar refractivity (Wildman–Crippen MR) is 76.3 cm³/mol. The Kier molecular flexibility index (Phi) is 2.57. The second-order valence-electron chi connectivity index (χ2n) is 6.95. The molecular formula is C15H20ClN3. The van der Waals surface area contributed by atoms with Crippen LogP contribution in [0, 0.1) is 24.7 Å². The number of hydrogen-bond donors (Lipinski definition) is 1. The van der Waals surface area contributed by atoms with Crippen molar-refractivity contribution in [2.24, 2.45) is 17.8 Å². The molecule has 4 aliphatic carbocycles. The van der Waals surface area contributed by atoms with E-state index in [1.54, 1.807) is 0 Å². The number of rotatable bonds is 2. The van der Waals surface area contributed by atoms with Gasteiger partial charge < -0.3 is 5.32 Å². The van der Waals surface area contributed by atoms with Gasteiger partial charge in [-0.15, -0.1) is 0 Å². The van der Waals surface area contributed by atoms with Crippen LogP contribution >= 0.6 is 11.6 Å². The van der Waals surface area contributed by atoms with Gasteiger partial charge in [-0.25, -0.2) is 9.97 Å². The average molecular weight is 278 g/mol. The number of hydrogen-bond acceptors (Lipinski definition) is 3. The molecule has 4 heteroatoms. The van der Waals surface area contributed by atoms with Crippen molar-refractivity contribution in [2.75, 3.05) is 5.32 Å². The first-order valence-corrected chi connectivity index (χ1v) is 7.77. The molecule has 3 nitrogen and oxygen atoms in total. The number of halogens is 1. The lowest BCUT2D eigenvalue weighted by Crippen LogP contribution is -2.54. The second-order valence-corrected chi connectivity index (χ2v) is 7.33. The molecule has 0 radical (unpaired) electrons. The highest BCUT2D eigenvalue weighted by Crippen LogP contribution is 2.56. The van der Waals surface area contributed by atoms with Gasteiger partial charge in [0.05, 0.1) is 0 Å². The van der Waals surface area contributed by atoms with E-state index in [1.807, 2.05) is 13.0 Å². The summed E-state index contributed by atoms with van der Waals surface area (Å²) in [5, 5.41) is 4.27. The quantitative estimate of drug-likeness (QED) is 0.835. The van der Waals surface area contributed by atoms with Crippen LogP contribution in [-0.2, 0) is 0 Å². The highest BCUT2D eigenvalue weighted by Gasteiger charge is 2.51. The van der Waals surface area contributed by atoms with Crippen molar-refractivity contribution in [3.05, 3.63) is 17.0 Å². The summed E-state index contributed by atoms with van der Waals surface area (Å²) in [6.07, 6.45) is 8.35. The molecule has 4 fully saturated rings. The van der Waals surface area contributed by atoms with Gasteiger partial charge in [-0.1, -0.05) is 11.6 Å². The Bertz CT molecular complexity index is 459. The zero-order valence-corrected chi connectivity index (χ0v) is 12.1. The van der Waals surface area contributed by atoms with Gasteiger partial charge in [0.2, 0.25) is 0 Å². The third kappa shape index (κ3) is 2.12. The van der Waals surface area contributed by atoms with Crippen LogP contribution in [0.25, 0.3) is 0 Å². The monoisotopic (exact) mass is 277 g/mol.